The van der Waals surface area contributed by atoms with Crippen molar-refractivity contribution in [3.05, 3.63) is 51.7 Å². The van der Waals surface area contributed by atoms with E-state index < -0.39 is 0 Å². The first-order chi connectivity index (χ1) is 13.2. The van der Waals surface area contributed by atoms with E-state index in [4.69, 9.17) is 4.98 Å². The Hall–Kier alpha value is -2.70. The van der Waals surface area contributed by atoms with Crippen molar-refractivity contribution >= 4 is 17.5 Å². The van der Waals surface area contributed by atoms with Crippen LogP contribution in [0, 0.1) is 10.1 Å². The third-order valence-electron chi connectivity index (χ3n) is 5.27. The summed E-state index contributed by atoms with van der Waals surface area (Å²) in [7, 11) is 0. The van der Waals surface area contributed by atoms with Crippen LogP contribution in [0.1, 0.15) is 62.1 Å². The molecule has 7 nitrogen and oxygen atoms in total. The average Bonchev–Trinajstić information content (AvgIpc) is 3.53. The van der Waals surface area contributed by atoms with E-state index in [9.17, 15) is 10.1 Å². The number of rotatable bonds is 7. The fourth-order valence-corrected chi connectivity index (χ4v) is 3.61. The Labute approximate surface area is 158 Å². The van der Waals surface area contributed by atoms with Crippen LogP contribution in [0.2, 0.25) is 0 Å². The zero-order valence-electron chi connectivity index (χ0n) is 15.4. The lowest BCUT2D eigenvalue weighted by Crippen LogP contribution is -2.24. The molecule has 1 aromatic heterocycles. The molecule has 0 spiro atoms. The molecule has 1 aromatic carbocycles. The molecule has 142 valence electrons. The monoisotopic (exact) mass is 367 g/mol. The number of hydrogen-bond donors (Lipinski definition) is 2. The van der Waals surface area contributed by atoms with Crippen molar-refractivity contribution < 1.29 is 4.92 Å². The van der Waals surface area contributed by atoms with E-state index >= 15 is 0 Å². The van der Waals surface area contributed by atoms with Gasteiger partial charge in [0.05, 0.1) is 10.6 Å². The minimum atomic E-state index is -0.369. The number of hydrogen-bond acceptors (Lipinski definition) is 6. The minimum absolute atomic E-state index is 0.107. The molecule has 2 aliphatic carbocycles. The molecule has 27 heavy (non-hydrogen) atoms. The maximum atomic E-state index is 10.9. The second-order valence-electron chi connectivity index (χ2n) is 7.54. The van der Waals surface area contributed by atoms with Gasteiger partial charge in [-0.15, -0.1) is 0 Å². The summed E-state index contributed by atoms with van der Waals surface area (Å²) in [6.45, 7) is 0.492. The van der Waals surface area contributed by atoms with Crippen LogP contribution in [0.15, 0.2) is 30.3 Å². The van der Waals surface area contributed by atoms with E-state index in [1.165, 1.54) is 51.0 Å². The normalized spacial score (nSPS) is 17.5. The largest absolute Gasteiger partial charge is 0.366 e. The molecule has 2 N–H and O–H groups in total. The van der Waals surface area contributed by atoms with Gasteiger partial charge < -0.3 is 10.6 Å². The van der Waals surface area contributed by atoms with Crippen LogP contribution in [0.5, 0.6) is 0 Å². The zero-order chi connectivity index (χ0) is 18.6. The predicted octanol–water partition coefficient (Wildman–Crippen LogP) is 4.62. The van der Waals surface area contributed by atoms with Gasteiger partial charge in [0.2, 0.25) is 5.95 Å². The number of non-ortho nitro benzene ring substituents is 1. The van der Waals surface area contributed by atoms with Crippen LogP contribution in [-0.4, -0.2) is 20.9 Å². The van der Waals surface area contributed by atoms with Crippen molar-refractivity contribution in [2.24, 2.45) is 0 Å². The summed E-state index contributed by atoms with van der Waals surface area (Å²) in [5.74, 6) is 2.02. The fourth-order valence-electron chi connectivity index (χ4n) is 3.61. The van der Waals surface area contributed by atoms with Crippen LogP contribution >= 0.6 is 0 Å². The highest BCUT2D eigenvalue weighted by molar-refractivity contribution is 5.45. The molecule has 0 amide bonds. The fraction of sp³-hybridized carbons (Fsp3) is 0.500. The third-order valence-corrected chi connectivity index (χ3v) is 5.27. The number of nitro groups is 1. The highest BCUT2D eigenvalue weighted by atomic mass is 16.6. The van der Waals surface area contributed by atoms with Crippen LogP contribution in [-0.2, 0) is 6.54 Å². The molecule has 0 saturated heterocycles. The number of nitrogens with zero attached hydrogens (tertiary/aromatic N) is 3. The first-order valence-electron chi connectivity index (χ1n) is 9.80. The molecule has 2 aliphatic rings. The molecular formula is C20H25N5O2. The molecule has 4 rings (SSSR count). The summed E-state index contributed by atoms with van der Waals surface area (Å²) in [6.07, 6.45) is 8.56. The number of benzene rings is 1. The van der Waals surface area contributed by atoms with Gasteiger partial charge in [-0.2, -0.15) is 4.98 Å². The van der Waals surface area contributed by atoms with Crippen LogP contribution in [0.25, 0.3) is 0 Å². The van der Waals surface area contributed by atoms with Crippen molar-refractivity contribution in [1.29, 1.82) is 0 Å². The van der Waals surface area contributed by atoms with Gasteiger partial charge in [0.1, 0.15) is 5.82 Å². The maximum Gasteiger partial charge on any atom is 0.269 e. The molecule has 0 unspecified atom stereocenters. The first kappa shape index (κ1) is 17.7. The Morgan fingerprint density at radius 3 is 2.63 bits per heavy atom. The quantitative estimate of drug-likeness (QED) is 0.548. The van der Waals surface area contributed by atoms with Crippen LogP contribution < -0.4 is 10.6 Å². The van der Waals surface area contributed by atoms with E-state index in [2.05, 4.69) is 15.6 Å². The smallest absolute Gasteiger partial charge is 0.269 e. The lowest BCUT2D eigenvalue weighted by atomic mass is 9.96. The first-order valence-corrected chi connectivity index (χ1v) is 9.80. The van der Waals surface area contributed by atoms with Gasteiger partial charge in [-0.3, -0.25) is 10.1 Å². The third kappa shape index (κ3) is 4.72. The summed E-state index contributed by atoms with van der Waals surface area (Å²) >= 11 is 0. The summed E-state index contributed by atoms with van der Waals surface area (Å²) < 4.78 is 0. The van der Waals surface area contributed by atoms with Crippen molar-refractivity contribution in [3.63, 3.8) is 0 Å². The lowest BCUT2D eigenvalue weighted by Gasteiger charge is -2.23. The zero-order valence-corrected chi connectivity index (χ0v) is 15.4. The molecule has 0 radical (unpaired) electrons. The molecule has 2 saturated carbocycles. The van der Waals surface area contributed by atoms with Crippen LogP contribution in [0.3, 0.4) is 0 Å². The van der Waals surface area contributed by atoms with Crippen molar-refractivity contribution in [2.45, 2.75) is 63.5 Å². The van der Waals surface area contributed by atoms with E-state index in [1.54, 1.807) is 12.1 Å². The summed E-state index contributed by atoms with van der Waals surface area (Å²) in [5.41, 5.74) is 2.05. The summed E-state index contributed by atoms with van der Waals surface area (Å²) in [6, 6.07) is 9.16. The Morgan fingerprint density at radius 2 is 1.89 bits per heavy atom. The number of anilines is 2. The standard InChI is InChI=1S/C20H25N5O2/c26-25(27)17-8-4-5-14(11-17)13-21-19-12-18(15-9-10-15)23-20(24-19)22-16-6-2-1-3-7-16/h4-5,8,11-12,15-16H,1-3,6-7,9-10,13H2,(H2,21,22,23,24). The Bertz CT molecular complexity index is 816. The van der Waals surface area contributed by atoms with Gasteiger partial charge in [-0.25, -0.2) is 4.98 Å². The second-order valence-corrected chi connectivity index (χ2v) is 7.54. The van der Waals surface area contributed by atoms with E-state index in [-0.39, 0.29) is 10.6 Å². The minimum Gasteiger partial charge on any atom is -0.366 e. The molecule has 2 fully saturated rings. The van der Waals surface area contributed by atoms with Crippen molar-refractivity contribution in [1.82, 2.24) is 9.97 Å². The lowest BCUT2D eigenvalue weighted by molar-refractivity contribution is -0.384. The number of nitrogens with one attached hydrogen (secondary N) is 2. The molecule has 0 aliphatic heterocycles. The summed E-state index contributed by atoms with van der Waals surface area (Å²) in [4.78, 5) is 19.9. The second kappa shape index (κ2) is 7.90. The SMILES string of the molecule is O=[N+]([O-])c1cccc(CNc2cc(C3CC3)nc(NC3CCCCC3)n2)c1. The van der Waals surface area contributed by atoms with Gasteiger partial charge in [-0.05, 0) is 31.2 Å². The molecule has 0 bridgehead atoms. The highest BCUT2D eigenvalue weighted by Crippen LogP contribution is 2.40. The topological polar surface area (TPSA) is 93.0 Å². The van der Waals surface area contributed by atoms with E-state index in [0.29, 0.717) is 24.5 Å². The van der Waals surface area contributed by atoms with E-state index in [0.717, 1.165) is 17.1 Å². The Morgan fingerprint density at radius 1 is 1.07 bits per heavy atom. The van der Waals surface area contributed by atoms with Gasteiger partial charge in [0, 0.05) is 36.7 Å². The summed E-state index contributed by atoms with van der Waals surface area (Å²) in [5, 5.41) is 17.8. The molecule has 0 atom stereocenters. The van der Waals surface area contributed by atoms with Gasteiger partial charge in [0.15, 0.2) is 0 Å². The van der Waals surface area contributed by atoms with Gasteiger partial charge >= 0.3 is 0 Å². The Kier molecular flexibility index (Phi) is 5.18. The molecule has 1 heterocycles. The molecular weight excluding hydrogens is 342 g/mol. The highest BCUT2D eigenvalue weighted by Gasteiger charge is 2.26. The van der Waals surface area contributed by atoms with Crippen LogP contribution in [0.4, 0.5) is 17.5 Å². The van der Waals surface area contributed by atoms with Crippen molar-refractivity contribution in [3.8, 4) is 0 Å². The Balaban J connectivity index is 1.47. The molecule has 2 aromatic rings. The number of aromatic nitrogens is 2. The van der Waals surface area contributed by atoms with E-state index in [1.807, 2.05) is 12.1 Å². The molecule has 7 heteroatoms. The van der Waals surface area contributed by atoms with Crippen molar-refractivity contribution in [2.75, 3.05) is 10.6 Å². The predicted molar refractivity (Wildman–Crippen MR) is 105 cm³/mol. The van der Waals surface area contributed by atoms with Gasteiger partial charge in [-0.1, -0.05) is 31.4 Å². The number of nitro benzene ring substituents is 1. The van der Waals surface area contributed by atoms with Gasteiger partial charge in [0.25, 0.3) is 5.69 Å². The maximum absolute atomic E-state index is 10.9. The average molecular weight is 367 g/mol.